The number of carbonyl (C=O) groups excluding carboxylic acids is 2. The Bertz CT molecular complexity index is 1080. The number of nitrogens with zero attached hydrogens (tertiary/aromatic N) is 1. The van der Waals surface area contributed by atoms with Gasteiger partial charge >= 0.3 is 11.9 Å². The van der Waals surface area contributed by atoms with Crippen molar-refractivity contribution in [3.63, 3.8) is 0 Å². The lowest BCUT2D eigenvalue weighted by Gasteiger charge is -2.28. The predicted molar refractivity (Wildman–Crippen MR) is 227 cm³/mol. The summed E-state index contributed by atoms with van der Waals surface area (Å²) in [4.78, 5) is 37.5. The Morgan fingerprint density at radius 2 is 1.04 bits per heavy atom. The molecule has 0 aliphatic heterocycles. The number of hydrogen-bond donors (Lipinski definition) is 0. The molecule has 0 amide bonds. The van der Waals surface area contributed by atoms with Gasteiger partial charge in [0.2, 0.25) is 0 Å². The van der Waals surface area contributed by atoms with E-state index in [-0.39, 0.29) is 26.1 Å². The number of phosphoric acid groups is 1. The molecule has 2 unspecified atom stereocenters. The molecule has 0 aliphatic carbocycles. The molecule has 0 fully saturated rings. The number of quaternary nitrogens is 1. The number of hydrogen-bond acceptors (Lipinski definition) is 8. The maximum atomic E-state index is 12.7. The first-order chi connectivity index (χ1) is 26.5. The van der Waals surface area contributed by atoms with E-state index >= 15 is 0 Å². The van der Waals surface area contributed by atoms with Crippen molar-refractivity contribution in [1.29, 1.82) is 0 Å². The Labute approximate surface area is 337 Å². The van der Waals surface area contributed by atoms with Gasteiger partial charge in [0.25, 0.3) is 7.82 Å². The number of carbonyl (C=O) groups is 2. The van der Waals surface area contributed by atoms with Crippen LogP contribution in [0, 0.1) is 0 Å². The molecule has 10 heteroatoms. The monoisotopic (exact) mass is 796 g/mol. The number of likely N-dealkylation sites (N-methyl/N-ethyl adjacent to an activating group) is 1. The van der Waals surface area contributed by atoms with Crippen LogP contribution in [-0.4, -0.2) is 70.0 Å². The predicted octanol–water partition coefficient (Wildman–Crippen LogP) is 11.7. The Balaban J connectivity index is 4.41. The summed E-state index contributed by atoms with van der Waals surface area (Å²) in [6, 6.07) is 0. The fourth-order valence-corrected chi connectivity index (χ4v) is 6.39. The van der Waals surface area contributed by atoms with E-state index in [2.05, 4.69) is 62.5 Å². The molecule has 0 bridgehead atoms. The van der Waals surface area contributed by atoms with Gasteiger partial charge in [0, 0.05) is 12.8 Å². The third kappa shape index (κ3) is 41.4. The van der Waals surface area contributed by atoms with Crippen molar-refractivity contribution in [2.45, 2.75) is 180 Å². The van der Waals surface area contributed by atoms with Crippen molar-refractivity contribution in [3.05, 3.63) is 48.6 Å². The molecule has 320 valence electrons. The average molecular weight is 796 g/mol. The van der Waals surface area contributed by atoms with Gasteiger partial charge in [0.1, 0.15) is 19.8 Å². The van der Waals surface area contributed by atoms with Gasteiger partial charge in [-0.25, -0.2) is 0 Å². The second-order valence-corrected chi connectivity index (χ2v) is 17.1. The van der Waals surface area contributed by atoms with Crippen LogP contribution in [-0.2, 0) is 32.7 Å². The van der Waals surface area contributed by atoms with Crippen molar-refractivity contribution in [3.8, 4) is 0 Å². The van der Waals surface area contributed by atoms with Crippen molar-refractivity contribution in [2.75, 3.05) is 47.5 Å². The number of ether oxygens (including phenoxy) is 2. The first kappa shape index (κ1) is 53.0. The SMILES string of the molecule is CC/C=C/C/C=C/C/C=C/CCCCCCCC(=O)OCC(COP(=O)([O-])OCC[N+](C)(C)C)OC(=O)CCCCCCC/C=C/CCCCCCCCC. The summed E-state index contributed by atoms with van der Waals surface area (Å²) in [6.07, 6.45) is 42.8. The van der Waals surface area contributed by atoms with Crippen molar-refractivity contribution >= 4 is 19.8 Å². The minimum absolute atomic E-state index is 0.0367. The van der Waals surface area contributed by atoms with Crippen molar-refractivity contribution < 1.29 is 42.1 Å². The zero-order valence-corrected chi connectivity index (χ0v) is 36.8. The van der Waals surface area contributed by atoms with E-state index in [1.165, 1.54) is 51.4 Å². The van der Waals surface area contributed by atoms with Crippen LogP contribution in [0.2, 0.25) is 0 Å². The van der Waals surface area contributed by atoms with Crippen LogP contribution in [0.4, 0.5) is 0 Å². The number of allylic oxidation sites excluding steroid dienone is 8. The van der Waals surface area contributed by atoms with Crippen molar-refractivity contribution in [2.24, 2.45) is 0 Å². The normalized spacial score (nSPS) is 14.1. The first-order valence-corrected chi connectivity index (χ1v) is 23.3. The van der Waals surface area contributed by atoms with Gasteiger partial charge in [-0.1, -0.05) is 140 Å². The Kier molecular flexibility index (Phi) is 36.2. The van der Waals surface area contributed by atoms with Crippen molar-refractivity contribution in [1.82, 2.24) is 0 Å². The molecule has 0 aromatic rings. The Hall–Kier alpha value is -2.03. The second kappa shape index (κ2) is 37.5. The summed E-state index contributed by atoms with van der Waals surface area (Å²) < 4.78 is 33.9. The number of unbranched alkanes of at least 4 members (excludes halogenated alkanes) is 17. The van der Waals surface area contributed by atoms with Crippen LogP contribution in [0.1, 0.15) is 174 Å². The quantitative estimate of drug-likeness (QED) is 0.0199. The third-order valence-electron chi connectivity index (χ3n) is 9.08. The van der Waals surface area contributed by atoms with Crippen LogP contribution in [0.3, 0.4) is 0 Å². The molecule has 55 heavy (non-hydrogen) atoms. The van der Waals surface area contributed by atoms with Crippen LogP contribution in [0.5, 0.6) is 0 Å². The van der Waals surface area contributed by atoms with Crippen LogP contribution < -0.4 is 4.89 Å². The molecule has 0 saturated carbocycles. The average Bonchev–Trinajstić information content (AvgIpc) is 3.13. The van der Waals surface area contributed by atoms with E-state index in [1.54, 1.807) is 0 Å². The standard InChI is InChI=1S/C45H82NO8P/c1-6-8-10-12-14-16-18-20-22-24-26-28-30-32-34-36-38-45(48)54-43(42-53-55(49,50)52-40-39-46(3,4)5)41-51-44(47)37-35-33-31-29-27-25-23-21-19-17-15-13-11-9-7-2/h9,11,15,17,21-24,43H,6-8,10,12-14,16,18-20,25-42H2,1-5H3/b11-9+,17-15+,23-21+,24-22+. The zero-order chi connectivity index (χ0) is 40.7. The zero-order valence-electron chi connectivity index (χ0n) is 35.9. The number of rotatable bonds is 39. The van der Waals surface area contributed by atoms with Crippen LogP contribution in [0.25, 0.3) is 0 Å². The Morgan fingerprint density at radius 3 is 1.56 bits per heavy atom. The van der Waals surface area contributed by atoms with Gasteiger partial charge in [-0.05, 0) is 70.6 Å². The van der Waals surface area contributed by atoms with E-state index in [0.29, 0.717) is 23.9 Å². The molecule has 0 saturated heterocycles. The lowest BCUT2D eigenvalue weighted by Crippen LogP contribution is -2.37. The molecule has 0 heterocycles. The highest BCUT2D eigenvalue weighted by atomic mass is 31.2. The Morgan fingerprint density at radius 1 is 0.582 bits per heavy atom. The number of phosphoric ester groups is 1. The van der Waals surface area contributed by atoms with Gasteiger partial charge in [-0.15, -0.1) is 0 Å². The summed E-state index contributed by atoms with van der Waals surface area (Å²) >= 11 is 0. The fourth-order valence-electron chi connectivity index (χ4n) is 5.66. The van der Waals surface area contributed by atoms with Gasteiger partial charge in [-0.2, -0.15) is 0 Å². The second-order valence-electron chi connectivity index (χ2n) is 15.7. The van der Waals surface area contributed by atoms with E-state index in [1.807, 2.05) is 21.1 Å². The lowest BCUT2D eigenvalue weighted by molar-refractivity contribution is -0.870. The number of esters is 2. The van der Waals surface area contributed by atoms with Crippen LogP contribution >= 0.6 is 7.82 Å². The third-order valence-corrected chi connectivity index (χ3v) is 10.0. The van der Waals surface area contributed by atoms with Gasteiger partial charge < -0.3 is 27.9 Å². The van der Waals surface area contributed by atoms with Gasteiger partial charge in [0.05, 0.1) is 27.7 Å². The van der Waals surface area contributed by atoms with E-state index in [9.17, 15) is 19.0 Å². The summed E-state index contributed by atoms with van der Waals surface area (Å²) in [5, 5.41) is 0. The molecule has 0 spiro atoms. The minimum atomic E-state index is -4.63. The summed E-state index contributed by atoms with van der Waals surface area (Å²) in [5.41, 5.74) is 0. The van der Waals surface area contributed by atoms with E-state index in [4.69, 9.17) is 18.5 Å². The smallest absolute Gasteiger partial charge is 0.306 e. The van der Waals surface area contributed by atoms with E-state index in [0.717, 1.165) is 83.5 Å². The van der Waals surface area contributed by atoms with E-state index < -0.39 is 32.5 Å². The molecule has 0 radical (unpaired) electrons. The first-order valence-electron chi connectivity index (χ1n) is 21.8. The molecule has 0 N–H and O–H groups in total. The molecule has 9 nitrogen and oxygen atoms in total. The molecule has 0 aromatic carbocycles. The molecular weight excluding hydrogens is 713 g/mol. The summed E-state index contributed by atoms with van der Waals surface area (Å²) in [5.74, 6) is -0.866. The highest BCUT2D eigenvalue weighted by molar-refractivity contribution is 7.45. The highest BCUT2D eigenvalue weighted by Gasteiger charge is 2.21. The minimum Gasteiger partial charge on any atom is -0.756 e. The van der Waals surface area contributed by atoms with Gasteiger partial charge in [-0.3, -0.25) is 14.2 Å². The molecule has 0 rings (SSSR count). The topological polar surface area (TPSA) is 111 Å². The summed E-state index contributed by atoms with van der Waals surface area (Å²) in [7, 11) is 1.14. The summed E-state index contributed by atoms with van der Waals surface area (Å²) in [6.45, 7) is 4.08. The van der Waals surface area contributed by atoms with Crippen LogP contribution in [0.15, 0.2) is 48.6 Å². The lowest BCUT2D eigenvalue weighted by atomic mass is 10.1. The highest BCUT2D eigenvalue weighted by Crippen LogP contribution is 2.38. The molecule has 0 aromatic heterocycles. The molecular formula is C45H82NO8P. The maximum absolute atomic E-state index is 12.7. The maximum Gasteiger partial charge on any atom is 0.306 e. The van der Waals surface area contributed by atoms with Gasteiger partial charge in [0.15, 0.2) is 6.10 Å². The largest absolute Gasteiger partial charge is 0.756 e. The fraction of sp³-hybridized carbons (Fsp3) is 0.778. The molecule has 0 aliphatic rings. The molecule has 2 atom stereocenters.